The number of ether oxygens (including phenoxy) is 1. The lowest BCUT2D eigenvalue weighted by atomic mass is 10.1. The summed E-state index contributed by atoms with van der Waals surface area (Å²) in [6, 6.07) is 10.6. The predicted octanol–water partition coefficient (Wildman–Crippen LogP) is 2.24. The molecule has 2 aromatic carbocycles. The van der Waals surface area contributed by atoms with E-state index >= 15 is 0 Å². The minimum atomic E-state index is -0.465. The van der Waals surface area contributed by atoms with Crippen molar-refractivity contribution >= 4 is 23.4 Å². The van der Waals surface area contributed by atoms with Gasteiger partial charge in [0.1, 0.15) is 18.2 Å². The van der Waals surface area contributed by atoms with Crippen LogP contribution in [0.2, 0.25) is 0 Å². The summed E-state index contributed by atoms with van der Waals surface area (Å²) in [7, 11) is 0. The van der Waals surface area contributed by atoms with Crippen LogP contribution in [0.1, 0.15) is 27.1 Å². The Bertz CT molecular complexity index is 893. The Kier molecular flexibility index (Phi) is 3.91. The molecule has 2 aliphatic heterocycles. The molecule has 0 bridgehead atoms. The van der Waals surface area contributed by atoms with Crippen LogP contribution >= 0.6 is 0 Å². The zero-order valence-corrected chi connectivity index (χ0v) is 13.8. The SMILES string of the molecule is O=C1c2ccccc2C(=O)N1CCC(=O)N1CCOc2ccc(F)cc21. The first kappa shape index (κ1) is 16.3. The van der Waals surface area contributed by atoms with Gasteiger partial charge in [-0.1, -0.05) is 12.1 Å². The average molecular weight is 354 g/mol. The van der Waals surface area contributed by atoms with Gasteiger partial charge in [-0.2, -0.15) is 0 Å². The van der Waals surface area contributed by atoms with Gasteiger partial charge in [-0.15, -0.1) is 0 Å². The number of nitrogens with zero attached hydrogens (tertiary/aromatic N) is 2. The summed E-state index contributed by atoms with van der Waals surface area (Å²) in [6.07, 6.45) is -0.0403. The Hall–Kier alpha value is -3.22. The van der Waals surface area contributed by atoms with Crippen LogP contribution in [0.15, 0.2) is 42.5 Å². The summed E-state index contributed by atoms with van der Waals surface area (Å²) < 4.78 is 19.0. The number of anilines is 1. The first-order valence-corrected chi connectivity index (χ1v) is 8.24. The Labute approximate surface area is 148 Å². The molecule has 6 nitrogen and oxygen atoms in total. The minimum Gasteiger partial charge on any atom is -0.490 e. The normalized spacial score (nSPS) is 15.6. The van der Waals surface area contributed by atoms with Gasteiger partial charge in [0.15, 0.2) is 0 Å². The number of carbonyl (C=O) groups excluding carboxylic acids is 3. The van der Waals surface area contributed by atoms with Gasteiger partial charge >= 0.3 is 0 Å². The molecule has 0 N–H and O–H groups in total. The minimum absolute atomic E-state index is 0.0206. The summed E-state index contributed by atoms with van der Waals surface area (Å²) in [5, 5.41) is 0. The molecule has 4 rings (SSSR count). The van der Waals surface area contributed by atoms with E-state index in [4.69, 9.17) is 4.74 Å². The highest BCUT2D eigenvalue weighted by atomic mass is 19.1. The van der Waals surface area contributed by atoms with Crippen LogP contribution in [0.3, 0.4) is 0 Å². The fourth-order valence-electron chi connectivity index (χ4n) is 3.23. The maximum Gasteiger partial charge on any atom is 0.261 e. The molecule has 2 aliphatic rings. The summed E-state index contributed by atoms with van der Waals surface area (Å²) in [6.45, 7) is 0.571. The molecule has 0 unspecified atom stereocenters. The van der Waals surface area contributed by atoms with Crippen molar-refractivity contribution < 1.29 is 23.5 Å². The zero-order chi connectivity index (χ0) is 18.3. The van der Waals surface area contributed by atoms with E-state index in [2.05, 4.69) is 0 Å². The topological polar surface area (TPSA) is 66.9 Å². The lowest BCUT2D eigenvalue weighted by Crippen LogP contribution is -2.40. The fraction of sp³-hybridized carbons (Fsp3) is 0.211. The molecule has 0 fully saturated rings. The number of amides is 3. The Morgan fingerprint density at radius 2 is 1.77 bits per heavy atom. The van der Waals surface area contributed by atoms with Gasteiger partial charge in [0.05, 0.1) is 23.4 Å². The first-order chi connectivity index (χ1) is 12.6. The molecular weight excluding hydrogens is 339 g/mol. The number of imide groups is 1. The van der Waals surface area contributed by atoms with Gasteiger partial charge in [-0.25, -0.2) is 4.39 Å². The number of carbonyl (C=O) groups is 3. The highest BCUT2D eigenvalue weighted by molar-refractivity contribution is 6.21. The van der Waals surface area contributed by atoms with Crippen molar-refractivity contribution in [1.29, 1.82) is 0 Å². The molecule has 0 saturated heterocycles. The molecule has 3 amide bonds. The quantitative estimate of drug-likeness (QED) is 0.793. The second-order valence-electron chi connectivity index (χ2n) is 6.06. The molecular formula is C19H15FN2O4. The largest absolute Gasteiger partial charge is 0.490 e. The van der Waals surface area contributed by atoms with E-state index in [1.165, 1.54) is 23.1 Å². The van der Waals surface area contributed by atoms with E-state index in [1.54, 1.807) is 24.3 Å². The third kappa shape index (κ3) is 2.61. The lowest BCUT2D eigenvalue weighted by molar-refractivity contribution is -0.118. The van der Waals surface area contributed by atoms with Crippen molar-refractivity contribution in [3.05, 3.63) is 59.4 Å². The van der Waals surface area contributed by atoms with E-state index in [9.17, 15) is 18.8 Å². The third-order valence-corrected chi connectivity index (χ3v) is 4.51. The van der Waals surface area contributed by atoms with E-state index in [1.807, 2.05) is 0 Å². The maximum absolute atomic E-state index is 13.5. The van der Waals surface area contributed by atoms with Gasteiger partial charge in [-0.05, 0) is 24.3 Å². The molecule has 26 heavy (non-hydrogen) atoms. The number of hydrogen-bond donors (Lipinski definition) is 0. The number of fused-ring (bicyclic) bond motifs is 2. The highest BCUT2D eigenvalue weighted by Crippen LogP contribution is 2.32. The van der Waals surface area contributed by atoms with E-state index in [0.717, 1.165) is 4.90 Å². The molecule has 2 heterocycles. The fourth-order valence-corrected chi connectivity index (χ4v) is 3.23. The summed E-state index contributed by atoms with van der Waals surface area (Å²) in [5.41, 5.74) is 1.07. The average Bonchev–Trinajstić information content (AvgIpc) is 2.90. The molecule has 0 radical (unpaired) electrons. The number of halogens is 1. The van der Waals surface area contributed by atoms with Crippen LogP contribution in [-0.2, 0) is 4.79 Å². The van der Waals surface area contributed by atoms with E-state index in [-0.39, 0.29) is 25.4 Å². The predicted molar refractivity (Wildman–Crippen MR) is 90.7 cm³/mol. The van der Waals surface area contributed by atoms with Crippen LogP contribution in [0.5, 0.6) is 5.75 Å². The van der Waals surface area contributed by atoms with Crippen LogP contribution in [0.25, 0.3) is 0 Å². The molecule has 7 heteroatoms. The first-order valence-electron chi connectivity index (χ1n) is 8.24. The van der Waals surface area contributed by atoms with Crippen molar-refractivity contribution in [2.24, 2.45) is 0 Å². The zero-order valence-electron chi connectivity index (χ0n) is 13.8. The van der Waals surface area contributed by atoms with Crippen molar-refractivity contribution in [2.75, 3.05) is 24.6 Å². The Balaban J connectivity index is 1.49. The molecule has 0 saturated carbocycles. The van der Waals surface area contributed by atoms with Gasteiger partial charge < -0.3 is 9.64 Å². The van der Waals surface area contributed by atoms with Crippen molar-refractivity contribution in [3.8, 4) is 5.75 Å². The van der Waals surface area contributed by atoms with Crippen LogP contribution in [-0.4, -0.2) is 42.3 Å². The molecule has 2 aromatic rings. The van der Waals surface area contributed by atoms with Gasteiger partial charge in [0.25, 0.3) is 11.8 Å². The van der Waals surface area contributed by atoms with Crippen LogP contribution in [0, 0.1) is 5.82 Å². The second-order valence-corrected chi connectivity index (χ2v) is 6.06. The second kappa shape index (κ2) is 6.25. The molecule has 132 valence electrons. The lowest BCUT2D eigenvalue weighted by Gasteiger charge is -2.30. The van der Waals surface area contributed by atoms with E-state index < -0.39 is 17.6 Å². The number of benzene rings is 2. The summed E-state index contributed by atoms with van der Waals surface area (Å²) in [5.74, 6) is -1.12. The number of rotatable bonds is 3. The Morgan fingerprint density at radius 1 is 1.08 bits per heavy atom. The van der Waals surface area contributed by atoms with Crippen molar-refractivity contribution in [1.82, 2.24) is 4.90 Å². The van der Waals surface area contributed by atoms with Crippen LogP contribution in [0.4, 0.5) is 10.1 Å². The third-order valence-electron chi connectivity index (χ3n) is 4.51. The van der Waals surface area contributed by atoms with Gasteiger partial charge in [0, 0.05) is 19.0 Å². The van der Waals surface area contributed by atoms with Gasteiger partial charge in [-0.3, -0.25) is 19.3 Å². The molecule has 0 atom stereocenters. The maximum atomic E-state index is 13.5. The standard InChI is InChI=1S/C19H15FN2O4/c20-12-5-6-16-15(11-12)21(9-10-26-16)17(23)7-8-22-18(24)13-3-1-2-4-14(13)19(22)25/h1-6,11H,7-10H2. The van der Waals surface area contributed by atoms with Crippen molar-refractivity contribution in [2.45, 2.75) is 6.42 Å². The van der Waals surface area contributed by atoms with Crippen LogP contribution < -0.4 is 9.64 Å². The molecule has 0 aromatic heterocycles. The smallest absolute Gasteiger partial charge is 0.261 e. The molecule has 0 spiro atoms. The van der Waals surface area contributed by atoms with Crippen molar-refractivity contribution in [3.63, 3.8) is 0 Å². The number of hydrogen-bond acceptors (Lipinski definition) is 4. The highest BCUT2D eigenvalue weighted by Gasteiger charge is 2.35. The molecule has 0 aliphatic carbocycles. The van der Waals surface area contributed by atoms with E-state index in [0.29, 0.717) is 29.2 Å². The summed E-state index contributed by atoms with van der Waals surface area (Å²) >= 11 is 0. The summed E-state index contributed by atoms with van der Waals surface area (Å²) in [4.78, 5) is 39.8. The van der Waals surface area contributed by atoms with Gasteiger partial charge in [0.2, 0.25) is 5.91 Å². The Morgan fingerprint density at radius 3 is 2.46 bits per heavy atom. The monoisotopic (exact) mass is 354 g/mol.